The molecule has 0 spiro atoms. The van der Waals surface area contributed by atoms with Gasteiger partial charge in [-0.1, -0.05) is 36.4 Å². The van der Waals surface area contributed by atoms with Gasteiger partial charge in [0.25, 0.3) is 5.91 Å². The monoisotopic (exact) mass is 551 g/mol. The molecule has 0 aliphatic heterocycles. The number of carbonyl (C=O) groups is 2. The van der Waals surface area contributed by atoms with Crippen LogP contribution in [-0.2, 0) is 6.18 Å². The molecule has 5 aromatic rings. The molecule has 4 aromatic carbocycles. The Bertz CT molecular complexity index is 1720. The zero-order chi connectivity index (χ0) is 28.4. The van der Waals surface area contributed by atoms with Crippen LogP contribution in [0.1, 0.15) is 15.9 Å². The van der Waals surface area contributed by atoms with Gasteiger partial charge in [0.15, 0.2) is 11.6 Å². The van der Waals surface area contributed by atoms with Gasteiger partial charge in [-0.2, -0.15) is 18.3 Å². The molecule has 3 amide bonds. The highest BCUT2D eigenvalue weighted by Gasteiger charge is 2.31. The second kappa shape index (κ2) is 10.5. The predicted octanol–water partition coefficient (Wildman–Crippen LogP) is 7.42. The molecule has 0 aliphatic carbocycles. The third-order valence-corrected chi connectivity index (χ3v) is 5.94. The molecule has 0 saturated heterocycles. The molecule has 1 heterocycles. The van der Waals surface area contributed by atoms with E-state index in [0.717, 1.165) is 0 Å². The highest BCUT2D eigenvalue weighted by atomic mass is 19.4. The number of aromatic amines is 1. The van der Waals surface area contributed by atoms with Gasteiger partial charge in [0.2, 0.25) is 0 Å². The van der Waals surface area contributed by atoms with E-state index in [9.17, 15) is 27.2 Å². The van der Waals surface area contributed by atoms with Crippen molar-refractivity contribution < 1.29 is 31.5 Å². The number of nitrogens with zero attached hydrogens (tertiary/aromatic N) is 1. The molecule has 0 fully saturated rings. The van der Waals surface area contributed by atoms with Crippen molar-refractivity contribution in [1.82, 2.24) is 10.2 Å². The number of hydrogen-bond acceptors (Lipinski definition) is 3. The summed E-state index contributed by atoms with van der Waals surface area (Å²) in [6.07, 6.45) is -4.71. The molecular formula is C28H18F5N5O2. The lowest BCUT2D eigenvalue weighted by atomic mass is 10.0. The van der Waals surface area contributed by atoms with Crippen molar-refractivity contribution in [3.05, 3.63) is 108 Å². The van der Waals surface area contributed by atoms with Gasteiger partial charge in [0.1, 0.15) is 11.3 Å². The van der Waals surface area contributed by atoms with Crippen molar-refractivity contribution in [2.45, 2.75) is 6.18 Å². The number of anilines is 3. The Morgan fingerprint density at radius 2 is 1.52 bits per heavy atom. The van der Waals surface area contributed by atoms with Crippen LogP contribution in [0.3, 0.4) is 0 Å². The number of nitrogens with one attached hydrogen (secondary N) is 4. The van der Waals surface area contributed by atoms with E-state index in [1.54, 1.807) is 36.4 Å². The van der Waals surface area contributed by atoms with Gasteiger partial charge in [0.05, 0.1) is 11.3 Å². The Labute approximate surface area is 223 Å². The maximum absolute atomic E-state index is 15.4. The first-order valence-electron chi connectivity index (χ1n) is 11.7. The Hall–Kier alpha value is -5.26. The zero-order valence-electron chi connectivity index (χ0n) is 20.2. The maximum atomic E-state index is 15.4. The van der Waals surface area contributed by atoms with Gasteiger partial charge in [-0.15, -0.1) is 0 Å². The van der Waals surface area contributed by atoms with Crippen LogP contribution in [0.15, 0.2) is 84.9 Å². The van der Waals surface area contributed by atoms with Crippen LogP contribution in [0.4, 0.5) is 43.9 Å². The quantitative estimate of drug-likeness (QED) is 0.171. The number of fused-ring (bicyclic) bond motifs is 1. The average Bonchev–Trinajstić information content (AvgIpc) is 3.34. The number of rotatable bonds is 5. The van der Waals surface area contributed by atoms with Crippen LogP contribution in [-0.4, -0.2) is 22.1 Å². The summed E-state index contributed by atoms with van der Waals surface area (Å²) in [7, 11) is 0. The smallest absolute Gasteiger partial charge is 0.308 e. The van der Waals surface area contributed by atoms with Crippen LogP contribution in [0.2, 0.25) is 0 Å². The van der Waals surface area contributed by atoms with Gasteiger partial charge in [0, 0.05) is 22.2 Å². The number of amides is 3. The first-order chi connectivity index (χ1) is 19.1. The summed E-state index contributed by atoms with van der Waals surface area (Å²) in [5.74, 6) is -1.90. The van der Waals surface area contributed by atoms with Crippen LogP contribution in [0.25, 0.3) is 22.0 Å². The molecule has 1 aromatic heterocycles. The van der Waals surface area contributed by atoms with Crippen molar-refractivity contribution in [2.75, 3.05) is 16.0 Å². The van der Waals surface area contributed by atoms with Crippen molar-refractivity contribution in [1.29, 1.82) is 0 Å². The van der Waals surface area contributed by atoms with Crippen LogP contribution in [0.5, 0.6) is 0 Å². The molecule has 0 aliphatic rings. The number of aromatic nitrogens is 2. The number of halogens is 5. The first kappa shape index (κ1) is 26.4. The van der Waals surface area contributed by atoms with Crippen molar-refractivity contribution >= 4 is 40.0 Å². The fourth-order valence-electron chi connectivity index (χ4n) is 3.96. The standard InChI is InChI=1S/C28H18F5N5O2/c29-21-13-8-17(28(31,32)33)14-22(21)35-27(40)34-18-9-6-15(7-10-18)19-11-12-20-24(23(19)30)37-38-25(20)36-26(39)16-4-2-1-3-5-16/h1-14H,(H2,34,35,40)(H2,36,37,38,39). The fourth-order valence-corrected chi connectivity index (χ4v) is 3.96. The van der Waals surface area contributed by atoms with Crippen LogP contribution in [0, 0.1) is 11.6 Å². The molecule has 0 unspecified atom stereocenters. The summed E-state index contributed by atoms with van der Waals surface area (Å²) in [4.78, 5) is 24.7. The number of alkyl halides is 3. The van der Waals surface area contributed by atoms with E-state index in [1.165, 1.54) is 30.3 Å². The van der Waals surface area contributed by atoms with Crippen molar-refractivity contribution in [2.24, 2.45) is 0 Å². The predicted molar refractivity (Wildman–Crippen MR) is 140 cm³/mol. The fraction of sp³-hybridized carbons (Fsp3) is 0.0357. The van der Waals surface area contributed by atoms with E-state index in [4.69, 9.17) is 0 Å². The van der Waals surface area contributed by atoms with E-state index in [-0.39, 0.29) is 22.6 Å². The lowest BCUT2D eigenvalue weighted by Gasteiger charge is -2.12. The highest BCUT2D eigenvalue weighted by Crippen LogP contribution is 2.33. The molecule has 5 rings (SSSR count). The van der Waals surface area contributed by atoms with Gasteiger partial charge < -0.3 is 16.0 Å². The Morgan fingerprint density at radius 1 is 0.800 bits per heavy atom. The number of benzene rings is 4. The third kappa shape index (κ3) is 5.46. The number of urea groups is 1. The molecular weight excluding hydrogens is 533 g/mol. The van der Waals surface area contributed by atoms with Crippen LogP contribution >= 0.6 is 0 Å². The summed E-state index contributed by atoms with van der Waals surface area (Å²) in [5.41, 5.74) is -0.391. The lowest BCUT2D eigenvalue weighted by Crippen LogP contribution is -2.20. The second-order valence-corrected chi connectivity index (χ2v) is 8.59. The summed E-state index contributed by atoms with van der Waals surface area (Å²) in [5, 5.41) is 14.1. The topological polar surface area (TPSA) is 98.9 Å². The lowest BCUT2D eigenvalue weighted by molar-refractivity contribution is -0.137. The minimum atomic E-state index is -4.71. The molecule has 0 bridgehead atoms. The van der Waals surface area contributed by atoms with Crippen LogP contribution < -0.4 is 16.0 Å². The van der Waals surface area contributed by atoms with E-state index in [1.807, 2.05) is 5.32 Å². The van der Waals surface area contributed by atoms with Crippen molar-refractivity contribution in [3.8, 4) is 11.1 Å². The van der Waals surface area contributed by atoms with E-state index < -0.39 is 41.0 Å². The molecule has 0 atom stereocenters. The van der Waals surface area contributed by atoms with Gasteiger partial charge in [-0.3, -0.25) is 9.89 Å². The van der Waals surface area contributed by atoms with E-state index >= 15 is 4.39 Å². The summed E-state index contributed by atoms with van der Waals surface area (Å²) >= 11 is 0. The third-order valence-electron chi connectivity index (χ3n) is 5.94. The summed E-state index contributed by atoms with van der Waals surface area (Å²) in [6, 6.07) is 18.2. The van der Waals surface area contributed by atoms with E-state index in [0.29, 0.717) is 34.7 Å². The molecule has 0 saturated carbocycles. The Morgan fingerprint density at radius 3 is 2.23 bits per heavy atom. The first-order valence-corrected chi connectivity index (χ1v) is 11.7. The maximum Gasteiger partial charge on any atom is 0.416 e. The SMILES string of the molecule is O=C(Nc1ccc(-c2ccc3c(NC(=O)c4ccccc4)n[nH]c3c2F)cc1)Nc1cc(C(F)(F)F)ccc1F. The van der Waals surface area contributed by atoms with Gasteiger partial charge in [-0.05, 0) is 54.1 Å². The summed E-state index contributed by atoms with van der Waals surface area (Å²) in [6.45, 7) is 0. The minimum Gasteiger partial charge on any atom is -0.308 e. The number of hydrogen-bond donors (Lipinski definition) is 4. The molecule has 12 heteroatoms. The van der Waals surface area contributed by atoms with Gasteiger partial charge >= 0.3 is 12.2 Å². The molecule has 0 radical (unpaired) electrons. The summed E-state index contributed by atoms with van der Waals surface area (Å²) < 4.78 is 67.9. The Kier molecular flexibility index (Phi) is 6.91. The zero-order valence-corrected chi connectivity index (χ0v) is 20.2. The van der Waals surface area contributed by atoms with E-state index in [2.05, 4.69) is 20.8 Å². The van der Waals surface area contributed by atoms with Crippen molar-refractivity contribution in [3.63, 3.8) is 0 Å². The molecule has 40 heavy (non-hydrogen) atoms. The van der Waals surface area contributed by atoms with Gasteiger partial charge in [-0.25, -0.2) is 13.6 Å². The number of carbonyl (C=O) groups excluding carboxylic acids is 2. The Balaban J connectivity index is 1.30. The normalized spacial score (nSPS) is 11.3. The number of H-pyrrole nitrogens is 1. The average molecular weight is 551 g/mol. The molecule has 4 N–H and O–H groups in total. The second-order valence-electron chi connectivity index (χ2n) is 8.59. The largest absolute Gasteiger partial charge is 0.416 e. The molecule has 202 valence electrons. The highest BCUT2D eigenvalue weighted by molar-refractivity contribution is 6.08. The minimum absolute atomic E-state index is 0.0746. The molecule has 7 nitrogen and oxygen atoms in total.